The smallest absolute Gasteiger partial charge is 0.0502 e. The zero-order chi connectivity index (χ0) is 15.5. The first kappa shape index (κ1) is 14.6. The largest absolute Gasteiger partial charge is 0.358 e. The van der Waals surface area contributed by atoms with Crippen LogP contribution in [0.3, 0.4) is 0 Å². The number of benzene rings is 1. The van der Waals surface area contributed by atoms with Crippen molar-refractivity contribution in [3.8, 4) is 0 Å². The Labute approximate surface area is 137 Å². The maximum absolute atomic E-state index is 6.40. The van der Waals surface area contributed by atoms with Crippen LogP contribution in [0.2, 0.25) is 5.02 Å². The van der Waals surface area contributed by atoms with E-state index in [1.54, 1.807) is 0 Å². The van der Waals surface area contributed by atoms with Crippen LogP contribution in [0.15, 0.2) is 18.2 Å². The topological polar surface area (TPSA) is 27.8 Å². The van der Waals surface area contributed by atoms with Gasteiger partial charge in [0.1, 0.15) is 0 Å². The van der Waals surface area contributed by atoms with Crippen LogP contribution < -0.4 is 5.32 Å². The van der Waals surface area contributed by atoms with Gasteiger partial charge in [-0.1, -0.05) is 31.5 Å². The molecule has 2 aliphatic carbocycles. The summed E-state index contributed by atoms with van der Waals surface area (Å²) in [5.74, 6) is 1.93. The van der Waals surface area contributed by atoms with Crippen molar-refractivity contribution in [3.63, 3.8) is 0 Å². The van der Waals surface area contributed by atoms with Crippen LogP contribution in [0, 0.1) is 24.2 Å². The number of halogens is 1. The van der Waals surface area contributed by atoms with Gasteiger partial charge in [0.05, 0.1) is 5.02 Å². The number of nitrogens with one attached hydrogen (secondary N) is 2. The third kappa shape index (κ3) is 2.19. The van der Waals surface area contributed by atoms with Gasteiger partial charge in [0.2, 0.25) is 0 Å². The molecule has 0 bridgehead atoms. The maximum Gasteiger partial charge on any atom is 0.0502 e. The van der Waals surface area contributed by atoms with Gasteiger partial charge in [-0.05, 0) is 67.7 Å². The van der Waals surface area contributed by atoms with E-state index in [0.717, 1.165) is 41.4 Å². The monoisotopic (exact) mass is 316 g/mol. The Morgan fingerprint density at radius 1 is 1.27 bits per heavy atom. The molecule has 0 saturated heterocycles. The van der Waals surface area contributed by atoms with Crippen molar-refractivity contribution in [3.05, 3.63) is 34.5 Å². The summed E-state index contributed by atoms with van der Waals surface area (Å²) in [6, 6.07) is 6.83. The second-order valence-corrected chi connectivity index (χ2v) is 8.20. The van der Waals surface area contributed by atoms with Crippen LogP contribution in [0.5, 0.6) is 0 Å². The van der Waals surface area contributed by atoms with Crippen LogP contribution in [0.25, 0.3) is 10.9 Å². The summed E-state index contributed by atoms with van der Waals surface area (Å²) in [6.07, 6.45) is 3.78. The fourth-order valence-corrected chi connectivity index (χ4v) is 5.07. The van der Waals surface area contributed by atoms with Crippen LogP contribution >= 0.6 is 11.6 Å². The number of aromatic amines is 1. The summed E-state index contributed by atoms with van der Waals surface area (Å²) < 4.78 is 0. The van der Waals surface area contributed by atoms with Crippen molar-refractivity contribution < 1.29 is 0 Å². The van der Waals surface area contributed by atoms with Gasteiger partial charge in [-0.2, -0.15) is 0 Å². The van der Waals surface area contributed by atoms with Gasteiger partial charge in [0, 0.05) is 22.6 Å². The molecular formula is C19H25ClN2. The second-order valence-electron chi connectivity index (χ2n) is 7.80. The fourth-order valence-electron chi connectivity index (χ4n) is 4.78. The van der Waals surface area contributed by atoms with Crippen molar-refractivity contribution in [2.24, 2.45) is 17.3 Å². The van der Waals surface area contributed by atoms with E-state index in [4.69, 9.17) is 11.6 Å². The van der Waals surface area contributed by atoms with Crippen LogP contribution in [-0.4, -0.2) is 17.6 Å². The average molecular weight is 317 g/mol. The predicted octanol–water partition coefficient (Wildman–Crippen LogP) is 4.70. The Morgan fingerprint density at radius 3 is 2.73 bits per heavy atom. The molecule has 2 N–H and O–H groups in total. The van der Waals surface area contributed by atoms with Crippen molar-refractivity contribution in [2.45, 2.75) is 46.1 Å². The first-order valence-corrected chi connectivity index (χ1v) is 8.85. The molecule has 2 aliphatic rings. The summed E-state index contributed by atoms with van der Waals surface area (Å²) in [4.78, 5) is 3.46. The van der Waals surface area contributed by atoms with E-state index in [0.29, 0.717) is 5.41 Å². The quantitative estimate of drug-likeness (QED) is 0.841. The number of hydrogen-bond acceptors (Lipinski definition) is 1. The standard InChI is InChI=1S/C19H25ClN2/c1-11-13(18-16(20)5-4-6-17(18)22-11)7-8-21-12-9-14-15(10-12)19(14,2)3/h4-6,12,14-15,21-22H,7-10H2,1-3H3/t12?,14-,15+. The highest BCUT2D eigenvalue weighted by Gasteiger charge is 2.61. The second kappa shape index (κ2) is 5.01. The fraction of sp³-hybridized carbons (Fsp3) is 0.579. The molecule has 3 heteroatoms. The van der Waals surface area contributed by atoms with Crippen LogP contribution in [0.1, 0.15) is 37.9 Å². The molecule has 1 aromatic carbocycles. The van der Waals surface area contributed by atoms with Gasteiger partial charge in [0.15, 0.2) is 0 Å². The van der Waals surface area contributed by atoms with E-state index in [1.165, 1.54) is 29.5 Å². The molecule has 1 heterocycles. The van der Waals surface area contributed by atoms with Gasteiger partial charge in [-0.15, -0.1) is 0 Å². The molecule has 22 heavy (non-hydrogen) atoms. The van der Waals surface area contributed by atoms with E-state index in [2.05, 4.69) is 37.1 Å². The lowest BCUT2D eigenvalue weighted by Crippen LogP contribution is -2.31. The predicted molar refractivity (Wildman–Crippen MR) is 93.5 cm³/mol. The Hall–Kier alpha value is -0.990. The summed E-state index contributed by atoms with van der Waals surface area (Å²) >= 11 is 6.40. The van der Waals surface area contributed by atoms with Crippen molar-refractivity contribution in [1.29, 1.82) is 0 Å². The molecule has 2 aromatic rings. The van der Waals surface area contributed by atoms with E-state index in [1.807, 2.05) is 12.1 Å². The molecule has 0 radical (unpaired) electrons. The summed E-state index contributed by atoms with van der Waals surface area (Å²) in [5.41, 5.74) is 4.40. The van der Waals surface area contributed by atoms with E-state index in [-0.39, 0.29) is 0 Å². The third-order valence-corrected chi connectivity index (χ3v) is 6.58. The zero-order valence-electron chi connectivity index (χ0n) is 13.7. The van der Waals surface area contributed by atoms with Gasteiger partial charge in [-0.3, -0.25) is 0 Å². The minimum Gasteiger partial charge on any atom is -0.358 e. The molecule has 4 rings (SSSR count). The number of H-pyrrole nitrogens is 1. The van der Waals surface area contributed by atoms with Gasteiger partial charge >= 0.3 is 0 Å². The van der Waals surface area contributed by atoms with Crippen molar-refractivity contribution >= 4 is 22.5 Å². The van der Waals surface area contributed by atoms with Gasteiger partial charge < -0.3 is 10.3 Å². The first-order valence-electron chi connectivity index (χ1n) is 8.47. The molecule has 0 aliphatic heterocycles. The highest BCUT2D eigenvalue weighted by Crippen LogP contribution is 2.66. The Balaban J connectivity index is 1.40. The molecule has 1 aromatic heterocycles. The maximum atomic E-state index is 6.40. The van der Waals surface area contributed by atoms with E-state index >= 15 is 0 Å². The Morgan fingerprint density at radius 2 is 2.00 bits per heavy atom. The highest BCUT2D eigenvalue weighted by atomic mass is 35.5. The molecule has 0 spiro atoms. The summed E-state index contributed by atoms with van der Waals surface area (Å²) in [6.45, 7) is 8.05. The average Bonchev–Trinajstić information content (AvgIpc) is 2.86. The molecule has 2 nitrogen and oxygen atoms in total. The van der Waals surface area contributed by atoms with E-state index in [9.17, 15) is 0 Å². The minimum atomic E-state index is 0.624. The SMILES string of the molecule is Cc1[nH]c2cccc(Cl)c2c1CCNC1C[C@@H]2[C@H](C1)C2(C)C. The number of aryl methyl sites for hydroxylation is 1. The molecule has 2 saturated carbocycles. The number of fused-ring (bicyclic) bond motifs is 2. The lowest BCUT2D eigenvalue weighted by molar-refractivity contribution is 0.387. The number of hydrogen-bond donors (Lipinski definition) is 2. The zero-order valence-corrected chi connectivity index (χ0v) is 14.4. The van der Waals surface area contributed by atoms with Crippen molar-refractivity contribution in [2.75, 3.05) is 6.54 Å². The van der Waals surface area contributed by atoms with Crippen molar-refractivity contribution in [1.82, 2.24) is 10.3 Å². The molecule has 0 amide bonds. The molecule has 3 atom stereocenters. The lowest BCUT2D eigenvalue weighted by atomic mass is 9.97. The Bertz CT molecular complexity index is 702. The third-order valence-electron chi connectivity index (χ3n) is 6.26. The van der Waals surface area contributed by atoms with Gasteiger partial charge in [0.25, 0.3) is 0 Å². The number of rotatable bonds is 4. The highest BCUT2D eigenvalue weighted by molar-refractivity contribution is 6.35. The first-order chi connectivity index (χ1) is 10.5. The van der Waals surface area contributed by atoms with E-state index < -0.39 is 0 Å². The summed E-state index contributed by atoms with van der Waals surface area (Å²) in [5, 5.41) is 5.84. The minimum absolute atomic E-state index is 0.624. The van der Waals surface area contributed by atoms with Crippen LogP contribution in [0.4, 0.5) is 0 Å². The normalized spacial score (nSPS) is 29.0. The lowest BCUT2D eigenvalue weighted by Gasteiger charge is -2.18. The Kier molecular flexibility index (Phi) is 3.32. The summed E-state index contributed by atoms with van der Waals surface area (Å²) in [7, 11) is 0. The molecular weight excluding hydrogens is 292 g/mol. The molecule has 118 valence electrons. The van der Waals surface area contributed by atoms with Gasteiger partial charge in [-0.25, -0.2) is 0 Å². The van der Waals surface area contributed by atoms with Crippen LogP contribution in [-0.2, 0) is 6.42 Å². The molecule has 1 unspecified atom stereocenters. The molecule has 2 fully saturated rings. The number of aromatic nitrogens is 1.